The molecule has 0 radical (unpaired) electrons. The Balaban J connectivity index is 1.70. The van der Waals surface area contributed by atoms with Crippen LogP contribution in [0.5, 0.6) is 5.75 Å². The third-order valence-electron chi connectivity index (χ3n) is 4.36. The summed E-state index contributed by atoms with van der Waals surface area (Å²) in [5.74, 6) is 1.14. The number of benzene rings is 1. The number of nitrogens with one attached hydrogen (secondary N) is 1. The van der Waals surface area contributed by atoms with E-state index in [9.17, 15) is 9.18 Å². The van der Waals surface area contributed by atoms with Crippen molar-refractivity contribution in [3.05, 3.63) is 47.8 Å². The van der Waals surface area contributed by atoms with E-state index in [1.165, 1.54) is 12.1 Å². The number of aromatic nitrogens is 1. The molecule has 1 aromatic carbocycles. The van der Waals surface area contributed by atoms with E-state index >= 15 is 0 Å². The predicted octanol–water partition coefficient (Wildman–Crippen LogP) is 2.52. The summed E-state index contributed by atoms with van der Waals surface area (Å²) < 4.78 is 24.8. The van der Waals surface area contributed by atoms with Gasteiger partial charge >= 0.3 is 0 Å². The fourth-order valence-corrected chi connectivity index (χ4v) is 3.16. The number of hydrogen-bond donors (Lipinski definition) is 1. The van der Waals surface area contributed by atoms with Crippen LogP contribution >= 0.6 is 0 Å². The molecule has 1 fully saturated rings. The number of rotatable bonds is 2. The Labute approximate surface area is 144 Å². The molecule has 1 aromatic heterocycles. The number of ether oxygens (including phenoxy) is 2. The zero-order chi connectivity index (χ0) is 17.4. The SMILES string of the molecule is C[C@@H]1CN(c2ccc3c(n2)NC(=O)CO3)[C@H](c2cccc(F)c2)CO1. The monoisotopic (exact) mass is 343 g/mol. The highest BCUT2D eigenvalue weighted by Gasteiger charge is 2.30. The van der Waals surface area contributed by atoms with Crippen molar-refractivity contribution in [2.45, 2.75) is 19.1 Å². The van der Waals surface area contributed by atoms with Crippen molar-refractivity contribution < 1.29 is 18.7 Å². The van der Waals surface area contributed by atoms with Gasteiger partial charge in [0.15, 0.2) is 18.2 Å². The summed E-state index contributed by atoms with van der Waals surface area (Å²) >= 11 is 0. The zero-order valence-electron chi connectivity index (χ0n) is 13.7. The van der Waals surface area contributed by atoms with Crippen LogP contribution in [0, 0.1) is 5.82 Å². The van der Waals surface area contributed by atoms with E-state index in [0.29, 0.717) is 30.5 Å². The van der Waals surface area contributed by atoms with Crippen molar-refractivity contribution >= 4 is 17.5 Å². The summed E-state index contributed by atoms with van der Waals surface area (Å²) in [6, 6.07) is 9.99. The highest BCUT2D eigenvalue weighted by atomic mass is 19.1. The van der Waals surface area contributed by atoms with Crippen LogP contribution in [0.15, 0.2) is 36.4 Å². The molecule has 2 aliphatic rings. The average molecular weight is 343 g/mol. The normalized spacial score (nSPS) is 22.8. The second kappa shape index (κ2) is 6.33. The molecule has 6 nitrogen and oxygen atoms in total. The fraction of sp³-hybridized carbons (Fsp3) is 0.333. The Morgan fingerprint density at radius 2 is 2.20 bits per heavy atom. The van der Waals surface area contributed by atoms with E-state index in [1.54, 1.807) is 12.1 Å². The maximum Gasteiger partial charge on any atom is 0.263 e. The molecule has 3 heterocycles. The topological polar surface area (TPSA) is 63.7 Å². The third-order valence-corrected chi connectivity index (χ3v) is 4.36. The smallest absolute Gasteiger partial charge is 0.263 e. The van der Waals surface area contributed by atoms with Crippen LogP contribution in [0.4, 0.5) is 16.0 Å². The first-order valence-corrected chi connectivity index (χ1v) is 8.17. The molecule has 0 unspecified atom stereocenters. The van der Waals surface area contributed by atoms with Crippen LogP contribution in [0.2, 0.25) is 0 Å². The Morgan fingerprint density at radius 1 is 1.32 bits per heavy atom. The lowest BCUT2D eigenvalue weighted by Gasteiger charge is -2.40. The van der Waals surface area contributed by atoms with Crippen LogP contribution in [-0.4, -0.2) is 36.8 Å². The first-order chi connectivity index (χ1) is 12.1. The minimum atomic E-state index is -0.282. The summed E-state index contributed by atoms with van der Waals surface area (Å²) in [5, 5.41) is 2.72. The Morgan fingerprint density at radius 3 is 3.04 bits per heavy atom. The lowest BCUT2D eigenvalue weighted by molar-refractivity contribution is -0.118. The van der Waals surface area contributed by atoms with Gasteiger partial charge in [-0.1, -0.05) is 12.1 Å². The summed E-state index contributed by atoms with van der Waals surface area (Å²) in [4.78, 5) is 18.2. The quantitative estimate of drug-likeness (QED) is 0.908. The number of pyridine rings is 1. The van der Waals surface area contributed by atoms with E-state index in [0.717, 1.165) is 5.56 Å². The zero-order valence-corrected chi connectivity index (χ0v) is 13.7. The maximum atomic E-state index is 13.7. The van der Waals surface area contributed by atoms with Crippen LogP contribution in [0.3, 0.4) is 0 Å². The molecule has 1 amide bonds. The van der Waals surface area contributed by atoms with Gasteiger partial charge in [0, 0.05) is 6.54 Å². The average Bonchev–Trinajstić information content (AvgIpc) is 2.61. The molecule has 2 aromatic rings. The number of hydrogen-bond acceptors (Lipinski definition) is 5. The van der Waals surface area contributed by atoms with Crippen molar-refractivity contribution in [2.75, 3.05) is 30.0 Å². The van der Waals surface area contributed by atoms with E-state index in [-0.39, 0.29) is 30.5 Å². The summed E-state index contributed by atoms with van der Waals surface area (Å²) in [6.45, 7) is 3.03. The number of fused-ring (bicyclic) bond motifs is 1. The van der Waals surface area contributed by atoms with E-state index in [2.05, 4.69) is 15.2 Å². The highest BCUT2D eigenvalue weighted by molar-refractivity contribution is 5.94. The fourth-order valence-electron chi connectivity index (χ4n) is 3.16. The Kier molecular flexibility index (Phi) is 4.01. The molecular weight excluding hydrogens is 325 g/mol. The molecule has 4 rings (SSSR count). The van der Waals surface area contributed by atoms with Crippen LogP contribution in [-0.2, 0) is 9.53 Å². The molecule has 0 bridgehead atoms. The summed E-state index contributed by atoms with van der Waals surface area (Å²) in [6.07, 6.45) is 0.0217. The molecule has 7 heteroatoms. The maximum absolute atomic E-state index is 13.7. The number of morpholine rings is 1. The van der Waals surface area contributed by atoms with Gasteiger partial charge < -0.3 is 19.7 Å². The second-order valence-electron chi connectivity index (χ2n) is 6.22. The van der Waals surface area contributed by atoms with E-state index in [4.69, 9.17) is 9.47 Å². The summed E-state index contributed by atoms with van der Waals surface area (Å²) in [7, 11) is 0. The van der Waals surface area contributed by atoms with Crippen molar-refractivity contribution in [2.24, 2.45) is 0 Å². The van der Waals surface area contributed by atoms with Gasteiger partial charge in [0.25, 0.3) is 5.91 Å². The van der Waals surface area contributed by atoms with Gasteiger partial charge in [-0.2, -0.15) is 0 Å². The van der Waals surface area contributed by atoms with E-state index in [1.807, 2.05) is 19.1 Å². The molecule has 130 valence electrons. The van der Waals surface area contributed by atoms with Gasteiger partial charge in [0.1, 0.15) is 11.6 Å². The lowest BCUT2D eigenvalue weighted by atomic mass is 10.0. The van der Waals surface area contributed by atoms with Crippen LogP contribution in [0.1, 0.15) is 18.5 Å². The number of amides is 1. The first kappa shape index (κ1) is 15.8. The first-order valence-electron chi connectivity index (χ1n) is 8.17. The molecule has 2 aliphatic heterocycles. The van der Waals surface area contributed by atoms with Crippen molar-refractivity contribution in [1.82, 2.24) is 4.98 Å². The number of nitrogens with zero attached hydrogens (tertiary/aromatic N) is 2. The van der Waals surface area contributed by atoms with Gasteiger partial charge in [-0.3, -0.25) is 4.79 Å². The molecular formula is C18H18FN3O3. The third kappa shape index (κ3) is 3.15. The van der Waals surface area contributed by atoms with Crippen molar-refractivity contribution in [3.8, 4) is 5.75 Å². The standard InChI is InChI=1S/C18H18FN3O3/c1-11-8-22(14(9-24-11)12-3-2-4-13(19)7-12)16-6-5-15-18(20-16)21-17(23)10-25-15/h2-7,11,14H,8-10H2,1H3,(H,20,21,23)/t11-,14+/m1/s1. The Hall–Kier alpha value is -2.67. The second-order valence-corrected chi connectivity index (χ2v) is 6.22. The Bertz CT molecular complexity index is 814. The molecule has 1 N–H and O–H groups in total. The van der Waals surface area contributed by atoms with Gasteiger partial charge in [-0.05, 0) is 36.8 Å². The largest absolute Gasteiger partial charge is 0.480 e. The minimum Gasteiger partial charge on any atom is -0.480 e. The van der Waals surface area contributed by atoms with Crippen LogP contribution in [0.25, 0.3) is 0 Å². The molecule has 0 spiro atoms. The van der Waals surface area contributed by atoms with Crippen molar-refractivity contribution in [1.29, 1.82) is 0 Å². The number of halogens is 1. The molecule has 0 aliphatic carbocycles. The molecule has 0 saturated carbocycles. The number of carbonyl (C=O) groups is 1. The van der Waals surface area contributed by atoms with Gasteiger partial charge in [0.05, 0.1) is 18.8 Å². The predicted molar refractivity (Wildman–Crippen MR) is 90.3 cm³/mol. The lowest BCUT2D eigenvalue weighted by Crippen LogP contribution is -2.44. The van der Waals surface area contributed by atoms with Crippen molar-refractivity contribution in [3.63, 3.8) is 0 Å². The van der Waals surface area contributed by atoms with E-state index < -0.39 is 0 Å². The minimum absolute atomic E-state index is 0.00542. The number of carbonyl (C=O) groups excluding carboxylic acids is 1. The van der Waals surface area contributed by atoms with Gasteiger partial charge in [0.2, 0.25) is 0 Å². The summed E-state index contributed by atoms with van der Waals surface area (Å²) in [5.41, 5.74) is 0.826. The molecule has 1 saturated heterocycles. The number of anilines is 2. The van der Waals surface area contributed by atoms with Crippen LogP contribution < -0.4 is 15.0 Å². The molecule has 25 heavy (non-hydrogen) atoms. The highest BCUT2D eigenvalue weighted by Crippen LogP contribution is 2.34. The molecule has 2 atom stereocenters. The van der Waals surface area contributed by atoms with Gasteiger partial charge in [-0.15, -0.1) is 0 Å². The van der Waals surface area contributed by atoms with Gasteiger partial charge in [-0.25, -0.2) is 9.37 Å².